The molecular formula is C28H27N3O8. The minimum Gasteiger partial charge on any atom is -0.508 e. The van der Waals surface area contributed by atoms with E-state index in [2.05, 4.69) is 4.98 Å². The van der Waals surface area contributed by atoms with Crippen LogP contribution < -0.4 is 5.73 Å². The number of likely N-dealkylation sites (N-methyl/N-ethyl adjacent to an activating group) is 1. The van der Waals surface area contributed by atoms with Gasteiger partial charge in [0.1, 0.15) is 22.8 Å². The number of phenolic OH excluding ortho intramolecular Hbond substituents is 1. The summed E-state index contributed by atoms with van der Waals surface area (Å²) in [7, 11) is 3.06. The van der Waals surface area contributed by atoms with E-state index in [0.29, 0.717) is 11.3 Å². The molecule has 1 heterocycles. The van der Waals surface area contributed by atoms with Crippen LogP contribution in [0.5, 0.6) is 5.75 Å². The topological polar surface area (TPSA) is 191 Å². The molecule has 1 saturated carbocycles. The van der Waals surface area contributed by atoms with Crippen LogP contribution in [0.25, 0.3) is 5.76 Å². The lowest BCUT2D eigenvalue weighted by atomic mass is 9.57. The van der Waals surface area contributed by atoms with Crippen molar-refractivity contribution in [2.75, 3.05) is 14.1 Å². The molecule has 4 atom stereocenters. The number of primary amides is 1. The van der Waals surface area contributed by atoms with Gasteiger partial charge in [-0.15, -0.1) is 0 Å². The molecule has 0 radical (unpaired) electrons. The summed E-state index contributed by atoms with van der Waals surface area (Å²) in [6.45, 7) is 0. The first kappa shape index (κ1) is 26.3. The molecule has 3 aliphatic rings. The SMILES string of the molecule is CN(C)[C@H]1C(=O)C(C(N)=O)=C(O)[C@]2(O)C(=O)C3=C(O)c4c(O)ccc(C(=O)Cc5ccccn5)c4C[C@@H]3C[C@H]12. The van der Waals surface area contributed by atoms with Crippen LogP contribution >= 0.6 is 0 Å². The van der Waals surface area contributed by atoms with Crippen molar-refractivity contribution in [2.45, 2.75) is 30.9 Å². The number of amides is 1. The van der Waals surface area contributed by atoms with Gasteiger partial charge >= 0.3 is 0 Å². The molecule has 0 unspecified atom stereocenters. The summed E-state index contributed by atoms with van der Waals surface area (Å²) in [5.74, 6) is -7.68. The number of benzene rings is 1. The van der Waals surface area contributed by atoms with Crippen molar-refractivity contribution in [1.82, 2.24) is 9.88 Å². The fraction of sp³-hybridized carbons (Fsp3) is 0.321. The van der Waals surface area contributed by atoms with E-state index in [1.807, 2.05) is 0 Å². The summed E-state index contributed by atoms with van der Waals surface area (Å²) in [6, 6.07) is 6.66. The molecular weight excluding hydrogens is 506 g/mol. The van der Waals surface area contributed by atoms with Gasteiger partial charge in [-0.2, -0.15) is 0 Å². The number of nitrogens with zero attached hydrogens (tertiary/aromatic N) is 2. The Morgan fingerprint density at radius 2 is 1.85 bits per heavy atom. The maximum absolute atomic E-state index is 13.9. The van der Waals surface area contributed by atoms with Crippen LogP contribution in [0.1, 0.15) is 33.6 Å². The molecule has 39 heavy (non-hydrogen) atoms. The maximum atomic E-state index is 13.9. The molecule has 1 fully saturated rings. The quantitative estimate of drug-likeness (QED) is 0.271. The minimum atomic E-state index is -2.72. The van der Waals surface area contributed by atoms with Crippen LogP contribution in [0.15, 0.2) is 53.4 Å². The lowest BCUT2D eigenvalue weighted by Crippen LogP contribution is -2.65. The fourth-order valence-electron chi connectivity index (χ4n) is 6.27. The number of hydrogen-bond acceptors (Lipinski definition) is 10. The Morgan fingerprint density at radius 3 is 2.46 bits per heavy atom. The minimum absolute atomic E-state index is 0.0340. The molecule has 202 valence electrons. The highest BCUT2D eigenvalue weighted by atomic mass is 16.3. The highest BCUT2D eigenvalue weighted by Gasteiger charge is 2.64. The van der Waals surface area contributed by atoms with Crippen molar-refractivity contribution in [3.63, 3.8) is 0 Å². The van der Waals surface area contributed by atoms with Gasteiger partial charge < -0.3 is 26.2 Å². The Labute approximate surface area is 222 Å². The second-order valence-corrected chi connectivity index (χ2v) is 10.4. The lowest BCUT2D eigenvalue weighted by molar-refractivity contribution is -0.153. The van der Waals surface area contributed by atoms with Gasteiger partial charge in [0.25, 0.3) is 5.91 Å². The summed E-state index contributed by atoms with van der Waals surface area (Å²) < 4.78 is 0. The van der Waals surface area contributed by atoms with E-state index in [0.717, 1.165) is 0 Å². The number of phenols is 1. The number of aliphatic hydroxyl groups is 3. The highest BCUT2D eigenvalue weighted by molar-refractivity contribution is 6.24. The average molecular weight is 534 g/mol. The van der Waals surface area contributed by atoms with Crippen molar-refractivity contribution in [3.05, 3.63) is 75.8 Å². The number of fused-ring (bicyclic) bond motifs is 3. The molecule has 3 aliphatic carbocycles. The van der Waals surface area contributed by atoms with E-state index in [1.54, 1.807) is 24.4 Å². The predicted molar refractivity (Wildman–Crippen MR) is 137 cm³/mol. The van der Waals surface area contributed by atoms with Crippen molar-refractivity contribution in [1.29, 1.82) is 0 Å². The van der Waals surface area contributed by atoms with Crippen molar-refractivity contribution >= 4 is 29.0 Å². The summed E-state index contributed by atoms with van der Waals surface area (Å²) in [4.78, 5) is 58.0. The molecule has 2 aromatic rings. The van der Waals surface area contributed by atoms with E-state index >= 15 is 0 Å². The third-order valence-corrected chi connectivity index (χ3v) is 7.97. The van der Waals surface area contributed by atoms with Crippen molar-refractivity contribution in [2.24, 2.45) is 17.6 Å². The van der Waals surface area contributed by atoms with E-state index < -0.39 is 58.0 Å². The molecule has 1 aromatic carbocycles. The molecule has 11 heteroatoms. The molecule has 0 bridgehead atoms. The lowest BCUT2D eigenvalue weighted by Gasteiger charge is -2.50. The summed E-state index contributed by atoms with van der Waals surface area (Å²) >= 11 is 0. The van der Waals surface area contributed by atoms with Gasteiger partial charge in [0.05, 0.1) is 18.0 Å². The molecule has 5 rings (SSSR count). The Balaban J connectivity index is 1.66. The van der Waals surface area contributed by atoms with Crippen LogP contribution in [0.2, 0.25) is 0 Å². The first-order chi connectivity index (χ1) is 18.4. The maximum Gasteiger partial charge on any atom is 0.255 e. The van der Waals surface area contributed by atoms with E-state index in [-0.39, 0.29) is 47.5 Å². The fourth-order valence-corrected chi connectivity index (χ4v) is 6.27. The number of carbonyl (C=O) groups is 4. The second kappa shape index (κ2) is 9.14. The standard InChI is InChI=1S/C28H27N3O8/c1-31(2)22-16-10-12-9-15-14(18(33)11-13-5-3-4-8-30-13)6-7-17(32)20(15)23(34)19(12)25(36)28(16,39)26(37)21(24(22)35)27(29)38/h3-8,12,16,22,32,34,37,39H,9-11H2,1-2H3,(H2,29,38)/t12-,16-,22-,28-/m1/s1. The Kier molecular flexibility index (Phi) is 6.15. The molecule has 1 aromatic heterocycles. The van der Waals surface area contributed by atoms with Crippen LogP contribution in [0, 0.1) is 11.8 Å². The Hall–Kier alpha value is -4.35. The average Bonchev–Trinajstić information content (AvgIpc) is 2.86. The first-order valence-electron chi connectivity index (χ1n) is 12.3. The summed E-state index contributed by atoms with van der Waals surface area (Å²) in [5.41, 5.74) is 2.42. The number of aromatic nitrogens is 1. The number of pyridine rings is 1. The molecule has 11 nitrogen and oxygen atoms in total. The second-order valence-electron chi connectivity index (χ2n) is 10.4. The number of carbonyl (C=O) groups excluding carboxylic acids is 4. The van der Waals surface area contributed by atoms with Gasteiger partial charge in [-0.25, -0.2) is 0 Å². The predicted octanol–water partition coefficient (Wildman–Crippen LogP) is 0.784. The zero-order valence-corrected chi connectivity index (χ0v) is 21.2. The number of rotatable bonds is 5. The zero-order valence-electron chi connectivity index (χ0n) is 21.2. The number of Topliss-reactive ketones (excluding diaryl/α,β-unsaturated/α-hetero) is 3. The van der Waals surface area contributed by atoms with Gasteiger partial charge in [0.2, 0.25) is 5.78 Å². The number of aliphatic hydroxyl groups excluding tert-OH is 2. The van der Waals surface area contributed by atoms with E-state index in [4.69, 9.17) is 5.73 Å². The van der Waals surface area contributed by atoms with Gasteiger partial charge in [-0.05, 0) is 62.7 Å². The largest absolute Gasteiger partial charge is 0.508 e. The van der Waals surface area contributed by atoms with Crippen LogP contribution in [0.4, 0.5) is 0 Å². The number of aromatic hydroxyl groups is 1. The molecule has 1 amide bonds. The van der Waals surface area contributed by atoms with E-state index in [1.165, 1.54) is 31.1 Å². The summed E-state index contributed by atoms with van der Waals surface area (Å²) in [5, 5.41) is 44.5. The van der Waals surface area contributed by atoms with Crippen LogP contribution in [0.3, 0.4) is 0 Å². The normalized spacial score (nSPS) is 26.3. The third-order valence-electron chi connectivity index (χ3n) is 7.97. The van der Waals surface area contributed by atoms with Gasteiger partial charge in [-0.1, -0.05) is 6.07 Å². The number of hydrogen-bond donors (Lipinski definition) is 5. The smallest absolute Gasteiger partial charge is 0.255 e. The van der Waals surface area contributed by atoms with E-state index in [9.17, 15) is 39.6 Å². The van der Waals surface area contributed by atoms with Crippen LogP contribution in [-0.2, 0) is 27.2 Å². The molecule has 0 aliphatic heterocycles. The Bertz CT molecular complexity index is 1510. The van der Waals surface area contributed by atoms with Crippen LogP contribution in [-0.4, -0.2) is 79.3 Å². The first-order valence-corrected chi connectivity index (χ1v) is 12.3. The third kappa shape index (κ3) is 3.76. The van der Waals surface area contributed by atoms with Gasteiger partial charge in [0.15, 0.2) is 17.2 Å². The monoisotopic (exact) mass is 533 g/mol. The van der Waals surface area contributed by atoms with Gasteiger partial charge in [0, 0.05) is 28.9 Å². The van der Waals surface area contributed by atoms with Gasteiger partial charge in [-0.3, -0.25) is 29.1 Å². The molecule has 0 spiro atoms. The highest BCUT2D eigenvalue weighted by Crippen LogP contribution is 2.53. The summed E-state index contributed by atoms with van der Waals surface area (Å²) in [6.07, 6.45) is 1.50. The molecule has 6 N–H and O–H groups in total. The van der Waals surface area contributed by atoms with Crippen molar-refractivity contribution < 1.29 is 39.6 Å². The molecule has 0 saturated heterocycles. The zero-order chi connectivity index (χ0) is 28.4. The van der Waals surface area contributed by atoms with Crippen molar-refractivity contribution in [3.8, 4) is 5.75 Å². The number of nitrogens with two attached hydrogens (primary N) is 1. The number of ketones is 3. The Morgan fingerprint density at radius 1 is 1.13 bits per heavy atom.